The van der Waals surface area contributed by atoms with Crippen LogP contribution in [0.25, 0.3) is 0 Å². The standard InChI is InChI=1S/C6H11NO2S/c8-4-5-1-2-7(10)6(9)3-5/h5,8,10H,1-4H2. The molecule has 1 rings (SSSR count). The van der Waals surface area contributed by atoms with Gasteiger partial charge in [-0.15, -0.1) is 0 Å². The van der Waals surface area contributed by atoms with Gasteiger partial charge in [0.25, 0.3) is 0 Å². The minimum atomic E-state index is 0.0219. The summed E-state index contributed by atoms with van der Waals surface area (Å²) in [6.45, 7) is 0.778. The van der Waals surface area contributed by atoms with Crippen LogP contribution in [-0.4, -0.2) is 28.5 Å². The number of aliphatic hydroxyl groups excluding tert-OH is 1. The first kappa shape index (κ1) is 7.88. The second-order valence-electron chi connectivity index (χ2n) is 2.56. The summed E-state index contributed by atoms with van der Waals surface area (Å²) >= 11 is 3.94. The molecular weight excluding hydrogens is 150 g/mol. The Bertz CT molecular complexity index is 140. The van der Waals surface area contributed by atoms with Gasteiger partial charge in [-0.2, -0.15) is 0 Å². The molecule has 1 fully saturated rings. The Morgan fingerprint density at radius 3 is 3.00 bits per heavy atom. The molecule has 1 atom stereocenters. The van der Waals surface area contributed by atoms with Gasteiger partial charge in [0.15, 0.2) is 0 Å². The molecule has 1 heterocycles. The van der Waals surface area contributed by atoms with Crippen molar-refractivity contribution in [2.24, 2.45) is 5.92 Å². The normalized spacial score (nSPS) is 27.2. The Morgan fingerprint density at radius 1 is 1.80 bits per heavy atom. The Labute approximate surface area is 65.6 Å². The zero-order valence-electron chi connectivity index (χ0n) is 5.66. The van der Waals surface area contributed by atoms with Crippen LogP contribution in [0.15, 0.2) is 0 Å². The Hall–Kier alpha value is -0.220. The third kappa shape index (κ3) is 1.64. The van der Waals surface area contributed by atoms with Crippen LogP contribution in [0.5, 0.6) is 0 Å². The molecule has 10 heavy (non-hydrogen) atoms. The number of amides is 1. The number of carbonyl (C=O) groups is 1. The molecule has 1 saturated heterocycles. The van der Waals surface area contributed by atoms with Crippen LogP contribution in [0, 0.1) is 5.92 Å². The number of hydrogen-bond donors (Lipinski definition) is 2. The molecule has 0 aromatic heterocycles. The molecule has 0 aliphatic carbocycles. The Kier molecular flexibility index (Phi) is 2.56. The van der Waals surface area contributed by atoms with E-state index in [1.54, 1.807) is 0 Å². The van der Waals surface area contributed by atoms with Crippen molar-refractivity contribution in [3.63, 3.8) is 0 Å². The van der Waals surface area contributed by atoms with Crippen molar-refractivity contribution >= 4 is 18.7 Å². The minimum absolute atomic E-state index is 0.0219. The van der Waals surface area contributed by atoms with Crippen molar-refractivity contribution in [1.82, 2.24) is 4.31 Å². The van der Waals surface area contributed by atoms with Gasteiger partial charge < -0.3 is 5.11 Å². The molecule has 0 bridgehead atoms. The average molecular weight is 161 g/mol. The van der Waals surface area contributed by atoms with Gasteiger partial charge in [0.2, 0.25) is 5.91 Å². The Morgan fingerprint density at radius 2 is 2.50 bits per heavy atom. The SMILES string of the molecule is O=C1CC(CO)CCN1S. The molecule has 1 amide bonds. The molecule has 0 saturated carbocycles. The molecule has 0 spiro atoms. The molecular formula is C6H11NO2S. The Balaban J connectivity index is 2.41. The highest BCUT2D eigenvalue weighted by Gasteiger charge is 2.22. The quantitative estimate of drug-likeness (QED) is 0.534. The van der Waals surface area contributed by atoms with Crippen LogP contribution in [0.4, 0.5) is 0 Å². The minimum Gasteiger partial charge on any atom is -0.396 e. The van der Waals surface area contributed by atoms with E-state index in [-0.39, 0.29) is 18.4 Å². The molecule has 0 aromatic carbocycles. The summed E-state index contributed by atoms with van der Waals surface area (Å²) in [5.41, 5.74) is 0. The maximum Gasteiger partial charge on any atom is 0.232 e. The molecule has 4 heteroatoms. The van der Waals surface area contributed by atoms with Crippen molar-refractivity contribution in [3.8, 4) is 0 Å². The summed E-state index contributed by atoms with van der Waals surface area (Å²) in [4.78, 5) is 10.9. The lowest BCUT2D eigenvalue weighted by atomic mass is 9.99. The fourth-order valence-electron chi connectivity index (χ4n) is 1.04. The lowest BCUT2D eigenvalue weighted by Crippen LogP contribution is -2.33. The third-order valence-corrected chi connectivity index (χ3v) is 2.18. The average Bonchev–Trinajstić information content (AvgIpc) is 1.95. The number of piperidine rings is 1. The monoisotopic (exact) mass is 161 g/mol. The number of nitrogens with zero attached hydrogens (tertiary/aromatic N) is 1. The second-order valence-corrected chi connectivity index (χ2v) is 3.04. The predicted molar refractivity (Wildman–Crippen MR) is 40.5 cm³/mol. The van der Waals surface area contributed by atoms with E-state index in [4.69, 9.17) is 5.11 Å². The van der Waals surface area contributed by atoms with Crippen molar-refractivity contribution < 1.29 is 9.90 Å². The highest BCUT2D eigenvalue weighted by Crippen LogP contribution is 2.18. The first-order valence-corrected chi connectivity index (χ1v) is 3.74. The van der Waals surface area contributed by atoms with E-state index in [0.717, 1.165) is 6.42 Å². The fourth-order valence-corrected chi connectivity index (χ4v) is 1.24. The van der Waals surface area contributed by atoms with E-state index in [1.807, 2.05) is 0 Å². The highest BCUT2D eigenvalue weighted by atomic mass is 32.1. The topological polar surface area (TPSA) is 40.5 Å². The van der Waals surface area contributed by atoms with Gasteiger partial charge in [0.1, 0.15) is 0 Å². The van der Waals surface area contributed by atoms with Gasteiger partial charge in [-0.1, -0.05) is 12.8 Å². The lowest BCUT2D eigenvalue weighted by Gasteiger charge is -2.25. The van der Waals surface area contributed by atoms with Crippen LogP contribution < -0.4 is 0 Å². The smallest absolute Gasteiger partial charge is 0.232 e. The van der Waals surface area contributed by atoms with Gasteiger partial charge in [-0.25, -0.2) is 0 Å². The second kappa shape index (κ2) is 3.25. The molecule has 1 N–H and O–H groups in total. The first-order valence-electron chi connectivity index (χ1n) is 3.34. The van der Waals surface area contributed by atoms with Crippen molar-refractivity contribution in [3.05, 3.63) is 0 Å². The molecule has 1 aliphatic rings. The highest BCUT2D eigenvalue weighted by molar-refractivity contribution is 7.78. The zero-order valence-corrected chi connectivity index (χ0v) is 6.55. The van der Waals surface area contributed by atoms with Gasteiger partial charge in [-0.3, -0.25) is 9.10 Å². The summed E-state index contributed by atoms with van der Waals surface area (Å²) in [6, 6.07) is 0. The molecule has 1 aliphatic heterocycles. The van der Waals surface area contributed by atoms with E-state index < -0.39 is 0 Å². The fraction of sp³-hybridized carbons (Fsp3) is 0.833. The molecule has 0 radical (unpaired) electrons. The third-order valence-electron chi connectivity index (χ3n) is 1.76. The van der Waals surface area contributed by atoms with Crippen LogP contribution >= 0.6 is 12.8 Å². The van der Waals surface area contributed by atoms with E-state index in [2.05, 4.69) is 12.8 Å². The lowest BCUT2D eigenvalue weighted by molar-refractivity contribution is -0.129. The van der Waals surface area contributed by atoms with Gasteiger partial charge >= 0.3 is 0 Å². The van der Waals surface area contributed by atoms with Gasteiger partial charge in [-0.05, 0) is 12.3 Å². The molecule has 58 valence electrons. The summed E-state index contributed by atoms with van der Waals surface area (Å²) in [7, 11) is 0. The number of rotatable bonds is 1. The van der Waals surface area contributed by atoms with E-state index in [1.165, 1.54) is 4.31 Å². The van der Waals surface area contributed by atoms with Crippen LogP contribution in [-0.2, 0) is 4.79 Å². The summed E-state index contributed by atoms with van der Waals surface area (Å²) < 4.78 is 1.41. The van der Waals surface area contributed by atoms with Crippen LogP contribution in [0.1, 0.15) is 12.8 Å². The number of aliphatic hydroxyl groups is 1. The largest absolute Gasteiger partial charge is 0.396 e. The van der Waals surface area contributed by atoms with Crippen molar-refractivity contribution in [2.75, 3.05) is 13.2 Å². The summed E-state index contributed by atoms with van der Waals surface area (Å²) in [6.07, 6.45) is 1.31. The first-order chi connectivity index (χ1) is 4.74. The van der Waals surface area contributed by atoms with Crippen LogP contribution in [0.3, 0.4) is 0 Å². The molecule has 0 aromatic rings. The number of thiol groups is 1. The van der Waals surface area contributed by atoms with E-state index >= 15 is 0 Å². The maximum atomic E-state index is 10.9. The summed E-state index contributed by atoms with van der Waals surface area (Å²) in [5.74, 6) is 0.185. The van der Waals surface area contributed by atoms with E-state index in [0.29, 0.717) is 13.0 Å². The van der Waals surface area contributed by atoms with Gasteiger partial charge in [0, 0.05) is 19.6 Å². The van der Waals surface area contributed by atoms with Gasteiger partial charge in [0.05, 0.1) is 0 Å². The maximum absolute atomic E-state index is 10.9. The van der Waals surface area contributed by atoms with Crippen LogP contribution in [0.2, 0.25) is 0 Å². The predicted octanol–water partition coefficient (Wildman–Crippen LogP) is 0.0621. The van der Waals surface area contributed by atoms with Crippen molar-refractivity contribution in [1.29, 1.82) is 0 Å². The zero-order chi connectivity index (χ0) is 7.56. The number of hydrogen-bond acceptors (Lipinski definition) is 3. The summed E-state index contributed by atoms with van der Waals surface area (Å²) in [5, 5.41) is 8.70. The molecule has 3 nitrogen and oxygen atoms in total. The van der Waals surface area contributed by atoms with E-state index in [9.17, 15) is 4.79 Å². The molecule has 1 unspecified atom stereocenters. The number of carbonyl (C=O) groups excluding carboxylic acids is 1. The van der Waals surface area contributed by atoms with Crippen molar-refractivity contribution in [2.45, 2.75) is 12.8 Å².